The van der Waals surface area contributed by atoms with Crippen LogP contribution in [0.15, 0.2) is 11.6 Å². The zero-order valence-electron chi connectivity index (χ0n) is 20.2. The van der Waals surface area contributed by atoms with Crippen molar-refractivity contribution < 1.29 is 14.3 Å². The highest BCUT2D eigenvalue weighted by atomic mass is 16.5. The SMILES string of the molecule is CCCCCCCCCCCCCCCCCC/C(=C/C(N)=O)C(=O)OCC(C)C. The number of nitrogens with two attached hydrogens (primary N) is 1. The van der Waals surface area contributed by atoms with Gasteiger partial charge in [-0.1, -0.05) is 117 Å². The van der Waals surface area contributed by atoms with Gasteiger partial charge < -0.3 is 10.5 Å². The number of esters is 1. The molecule has 0 spiro atoms. The van der Waals surface area contributed by atoms with E-state index in [1.54, 1.807) is 0 Å². The highest BCUT2D eigenvalue weighted by Gasteiger charge is 2.12. The Bertz CT molecular complexity index is 457. The summed E-state index contributed by atoms with van der Waals surface area (Å²) in [7, 11) is 0. The zero-order valence-corrected chi connectivity index (χ0v) is 20.2. The second kappa shape index (κ2) is 20.9. The van der Waals surface area contributed by atoms with Crippen LogP contribution in [-0.4, -0.2) is 18.5 Å². The molecule has 0 aliphatic carbocycles. The molecule has 4 heteroatoms. The molecule has 0 unspecified atom stereocenters. The fourth-order valence-electron chi connectivity index (χ4n) is 3.60. The first kappa shape index (κ1) is 28.7. The number of carbonyl (C=O) groups excluding carboxylic acids is 2. The van der Waals surface area contributed by atoms with Crippen LogP contribution < -0.4 is 5.73 Å². The van der Waals surface area contributed by atoms with Gasteiger partial charge in [0.1, 0.15) is 0 Å². The number of primary amides is 1. The fraction of sp³-hybridized carbons (Fsp3) is 0.846. The first-order valence-electron chi connectivity index (χ1n) is 12.6. The largest absolute Gasteiger partial charge is 0.462 e. The Morgan fingerprint density at radius 1 is 0.733 bits per heavy atom. The maximum atomic E-state index is 12.1. The number of carbonyl (C=O) groups is 2. The summed E-state index contributed by atoms with van der Waals surface area (Å²) in [5.41, 5.74) is 5.64. The van der Waals surface area contributed by atoms with Gasteiger partial charge in [-0.25, -0.2) is 4.79 Å². The molecule has 0 aromatic carbocycles. The second-order valence-electron chi connectivity index (χ2n) is 9.12. The van der Waals surface area contributed by atoms with Crippen LogP contribution in [0.1, 0.15) is 130 Å². The van der Waals surface area contributed by atoms with Crippen LogP contribution in [0.25, 0.3) is 0 Å². The minimum atomic E-state index is -0.581. The van der Waals surface area contributed by atoms with Crippen molar-refractivity contribution in [2.75, 3.05) is 6.61 Å². The van der Waals surface area contributed by atoms with E-state index in [2.05, 4.69) is 6.92 Å². The Labute approximate surface area is 186 Å². The van der Waals surface area contributed by atoms with Crippen molar-refractivity contribution in [2.45, 2.75) is 130 Å². The van der Waals surface area contributed by atoms with Gasteiger partial charge in [0, 0.05) is 11.6 Å². The van der Waals surface area contributed by atoms with Gasteiger partial charge in [-0.3, -0.25) is 4.79 Å². The number of rotatable bonds is 21. The molecule has 0 aliphatic heterocycles. The molecule has 0 aromatic rings. The molecule has 0 atom stereocenters. The Kier molecular flexibility index (Phi) is 20.0. The van der Waals surface area contributed by atoms with E-state index in [0.29, 0.717) is 18.6 Å². The normalized spacial score (nSPS) is 11.8. The van der Waals surface area contributed by atoms with E-state index >= 15 is 0 Å². The van der Waals surface area contributed by atoms with Crippen molar-refractivity contribution in [3.05, 3.63) is 11.6 Å². The summed E-state index contributed by atoms with van der Waals surface area (Å²) in [6.07, 6.45) is 22.8. The summed E-state index contributed by atoms with van der Waals surface area (Å²) in [6.45, 7) is 6.61. The van der Waals surface area contributed by atoms with Crippen molar-refractivity contribution in [1.82, 2.24) is 0 Å². The molecular weight excluding hydrogens is 374 g/mol. The molecule has 0 fully saturated rings. The number of ether oxygens (including phenoxy) is 1. The van der Waals surface area contributed by atoms with Crippen LogP contribution >= 0.6 is 0 Å². The summed E-state index contributed by atoms with van der Waals surface area (Å²) in [5.74, 6) is -0.703. The molecular formula is C26H49NO3. The molecule has 0 radical (unpaired) electrons. The number of amides is 1. The van der Waals surface area contributed by atoms with E-state index in [1.807, 2.05) is 13.8 Å². The topological polar surface area (TPSA) is 69.4 Å². The molecule has 0 aliphatic rings. The van der Waals surface area contributed by atoms with Crippen molar-refractivity contribution in [1.29, 1.82) is 0 Å². The lowest BCUT2D eigenvalue weighted by Crippen LogP contribution is -2.16. The maximum Gasteiger partial charge on any atom is 0.334 e. The lowest BCUT2D eigenvalue weighted by atomic mass is 10.0. The Hall–Kier alpha value is -1.32. The van der Waals surface area contributed by atoms with Crippen molar-refractivity contribution in [3.8, 4) is 0 Å². The van der Waals surface area contributed by atoms with Gasteiger partial charge in [-0.2, -0.15) is 0 Å². The van der Waals surface area contributed by atoms with Gasteiger partial charge in [-0.15, -0.1) is 0 Å². The predicted molar refractivity (Wildman–Crippen MR) is 127 cm³/mol. The van der Waals surface area contributed by atoms with E-state index in [4.69, 9.17) is 10.5 Å². The van der Waals surface area contributed by atoms with E-state index in [1.165, 1.54) is 96.0 Å². The number of hydrogen-bond acceptors (Lipinski definition) is 3. The second-order valence-corrected chi connectivity index (χ2v) is 9.12. The zero-order chi connectivity index (χ0) is 22.5. The van der Waals surface area contributed by atoms with E-state index in [0.717, 1.165) is 12.8 Å². The molecule has 0 saturated carbocycles. The predicted octanol–water partition coefficient (Wildman–Crippen LogP) is 7.25. The monoisotopic (exact) mass is 423 g/mol. The summed E-state index contributed by atoms with van der Waals surface area (Å²) in [4.78, 5) is 23.2. The maximum absolute atomic E-state index is 12.1. The molecule has 1 amide bonds. The first-order chi connectivity index (χ1) is 14.5. The third-order valence-electron chi connectivity index (χ3n) is 5.43. The lowest BCUT2D eigenvalue weighted by molar-refractivity contribution is -0.140. The van der Waals surface area contributed by atoms with E-state index < -0.39 is 11.9 Å². The Morgan fingerprint density at radius 3 is 1.50 bits per heavy atom. The third-order valence-corrected chi connectivity index (χ3v) is 5.43. The molecule has 30 heavy (non-hydrogen) atoms. The third kappa shape index (κ3) is 20.0. The van der Waals surface area contributed by atoms with Crippen molar-refractivity contribution in [3.63, 3.8) is 0 Å². The summed E-state index contributed by atoms with van der Waals surface area (Å²) in [6, 6.07) is 0. The van der Waals surface area contributed by atoms with Gasteiger partial charge in [0.15, 0.2) is 0 Å². The molecule has 0 saturated heterocycles. The lowest BCUT2D eigenvalue weighted by Gasteiger charge is -2.10. The van der Waals surface area contributed by atoms with Crippen LogP contribution in [0, 0.1) is 5.92 Å². The van der Waals surface area contributed by atoms with Crippen LogP contribution in [0.3, 0.4) is 0 Å². The summed E-state index contributed by atoms with van der Waals surface area (Å²) < 4.78 is 5.23. The highest BCUT2D eigenvalue weighted by Crippen LogP contribution is 2.16. The molecule has 176 valence electrons. The number of unbranched alkanes of at least 4 members (excludes halogenated alkanes) is 15. The quantitative estimate of drug-likeness (QED) is 0.120. The van der Waals surface area contributed by atoms with Crippen molar-refractivity contribution >= 4 is 11.9 Å². The van der Waals surface area contributed by atoms with Gasteiger partial charge in [0.2, 0.25) is 5.91 Å². The average Bonchev–Trinajstić information content (AvgIpc) is 2.70. The van der Waals surface area contributed by atoms with Crippen LogP contribution in [0.2, 0.25) is 0 Å². The Morgan fingerprint density at radius 2 is 1.13 bits per heavy atom. The molecule has 0 heterocycles. The smallest absolute Gasteiger partial charge is 0.334 e. The first-order valence-corrected chi connectivity index (χ1v) is 12.6. The highest BCUT2D eigenvalue weighted by molar-refractivity contribution is 5.97. The van der Waals surface area contributed by atoms with E-state index in [9.17, 15) is 9.59 Å². The average molecular weight is 424 g/mol. The minimum Gasteiger partial charge on any atom is -0.462 e. The standard InChI is InChI=1S/C26H49NO3/c1-4-5-6-7-8-9-10-11-12-13-14-15-16-17-18-19-20-24(21-25(27)28)26(29)30-22-23(2)3/h21,23H,4-20,22H2,1-3H3,(H2,27,28)/b24-21-. The molecule has 4 nitrogen and oxygen atoms in total. The summed E-state index contributed by atoms with van der Waals surface area (Å²) in [5, 5.41) is 0. The van der Waals surface area contributed by atoms with E-state index in [-0.39, 0.29) is 5.92 Å². The molecule has 2 N–H and O–H groups in total. The van der Waals surface area contributed by atoms with Gasteiger partial charge >= 0.3 is 5.97 Å². The van der Waals surface area contributed by atoms with Crippen LogP contribution in [-0.2, 0) is 14.3 Å². The van der Waals surface area contributed by atoms with Crippen LogP contribution in [0.4, 0.5) is 0 Å². The molecule has 0 rings (SSSR count). The fourth-order valence-corrected chi connectivity index (χ4v) is 3.60. The molecule has 0 bridgehead atoms. The number of hydrogen-bond donors (Lipinski definition) is 1. The van der Waals surface area contributed by atoms with Crippen molar-refractivity contribution in [2.24, 2.45) is 11.7 Å². The minimum absolute atomic E-state index is 0.277. The summed E-state index contributed by atoms with van der Waals surface area (Å²) >= 11 is 0. The molecule has 0 aromatic heterocycles. The van der Waals surface area contributed by atoms with Crippen LogP contribution in [0.5, 0.6) is 0 Å². The van der Waals surface area contributed by atoms with Gasteiger partial charge in [0.25, 0.3) is 0 Å². The Balaban J connectivity index is 3.59. The van der Waals surface area contributed by atoms with Gasteiger partial charge in [-0.05, 0) is 18.8 Å². The van der Waals surface area contributed by atoms with Gasteiger partial charge in [0.05, 0.1) is 6.61 Å².